The molecule has 0 aliphatic heterocycles. The van der Waals surface area contributed by atoms with Gasteiger partial charge in [-0.2, -0.15) is 0 Å². The van der Waals surface area contributed by atoms with Gasteiger partial charge in [0.1, 0.15) is 0 Å². The second-order valence-electron chi connectivity index (χ2n) is 7.30. The first kappa shape index (κ1) is 20.7. The molecule has 30 heavy (non-hydrogen) atoms. The van der Waals surface area contributed by atoms with E-state index >= 15 is 0 Å². The van der Waals surface area contributed by atoms with Gasteiger partial charge < -0.3 is 5.32 Å². The number of nitrogens with one attached hydrogen (secondary N) is 2. The van der Waals surface area contributed by atoms with Crippen molar-refractivity contribution in [3.63, 3.8) is 0 Å². The molecule has 0 bridgehead atoms. The molecule has 2 aromatic carbocycles. The molecule has 0 spiro atoms. The number of aryl methyl sites for hydroxylation is 2. The van der Waals surface area contributed by atoms with E-state index in [1.165, 1.54) is 0 Å². The fourth-order valence-corrected chi connectivity index (χ4v) is 5.47. The van der Waals surface area contributed by atoms with Crippen LogP contribution in [0, 0.1) is 6.92 Å². The van der Waals surface area contributed by atoms with Gasteiger partial charge in [-0.05, 0) is 55.2 Å². The number of carbonyl (C=O) groups excluding carboxylic acids is 1. The van der Waals surface area contributed by atoms with E-state index in [9.17, 15) is 13.2 Å². The summed E-state index contributed by atoms with van der Waals surface area (Å²) >= 11 is 1.57. The molecule has 1 amide bonds. The minimum absolute atomic E-state index is 0.154. The van der Waals surface area contributed by atoms with E-state index in [-0.39, 0.29) is 16.8 Å². The Kier molecular flexibility index (Phi) is 5.99. The van der Waals surface area contributed by atoms with Crippen molar-refractivity contribution in [1.82, 2.24) is 15.0 Å². The van der Waals surface area contributed by atoms with E-state index in [0.29, 0.717) is 18.5 Å². The van der Waals surface area contributed by atoms with Crippen molar-refractivity contribution in [2.45, 2.75) is 37.1 Å². The van der Waals surface area contributed by atoms with Gasteiger partial charge in [-0.3, -0.25) is 4.79 Å². The number of hydrogen-bond donors (Lipinski definition) is 2. The third-order valence-electron chi connectivity index (χ3n) is 5.15. The number of benzene rings is 2. The van der Waals surface area contributed by atoms with Crippen LogP contribution in [0.1, 0.15) is 43.8 Å². The lowest BCUT2D eigenvalue weighted by atomic mass is 10.1. The maximum absolute atomic E-state index is 12.8. The second kappa shape index (κ2) is 8.67. The summed E-state index contributed by atoms with van der Waals surface area (Å²) in [5.41, 5.74) is 2.54. The number of aromatic nitrogens is 1. The number of carbonyl (C=O) groups is 1. The maximum Gasteiger partial charge on any atom is 0.251 e. The van der Waals surface area contributed by atoms with Crippen LogP contribution in [0.2, 0.25) is 0 Å². The molecule has 1 aliphatic carbocycles. The molecule has 3 aromatic rings. The monoisotopic (exact) mass is 441 g/mol. The lowest BCUT2D eigenvalue weighted by molar-refractivity contribution is 0.0936. The predicted octanol–water partition coefficient (Wildman–Crippen LogP) is 3.39. The molecule has 1 atom stereocenters. The zero-order valence-electron chi connectivity index (χ0n) is 16.6. The highest BCUT2D eigenvalue weighted by Gasteiger charge is 2.26. The van der Waals surface area contributed by atoms with Crippen LogP contribution < -0.4 is 10.0 Å². The molecule has 6 nitrogen and oxygen atoms in total. The van der Waals surface area contributed by atoms with Gasteiger partial charge in [-0.25, -0.2) is 18.1 Å². The Morgan fingerprint density at radius 3 is 2.73 bits per heavy atom. The first-order valence-corrected chi connectivity index (χ1v) is 12.1. The van der Waals surface area contributed by atoms with Crippen LogP contribution in [0.15, 0.2) is 59.6 Å². The number of thiazole rings is 1. The summed E-state index contributed by atoms with van der Waals surface area (Å²) in [6.07, 6.45) is 3.91. The highest BCUT2D eigenvalue weighted by Crippen LogP contribution is 2.33. The molecule has 8 heteroatoms. The predicted molar refractivity (Wildman–Crippen MR) is 117 cm³/mol. The van der Waals surface area contributed by atoms with Crippen molar-refractivity contribution >= 4 is 27.3 Å². The Balaban J connectivity index is 1.45. The topological polar surface area (TPSA) is 88.2 Å². The van der Waals surface area contributed by atoms with Crippen LogP contribution in [-0.4, -0.2) is 25.9 Å². The molecular formula is C22H23N3O3S2. The Morgan fingerprint density at radius 2 is 2.00 bits per heavy atom. The van der Waals surface area contributed by atoms with E-state index in [4.69, 9.17) is 0 Å². The maximum atomic E-state index is 12.8. The van der Waals surface area contributed by atoms with Gasteiger partial charge in [-0.1, -0.05) is 24.3 Å². The third-order valence-corrected chi connectivity index (χ3v) is 7.58. The van der Waals surface area contributed by atoms with Gasteiger partial charge in [0.2, 0.25) is 10.0 Å². The first-order chi connectivity index (χ1) is 14.4. The zero-order valence-corrected chi connectivity index (χ0v) is 18.2. The van der Waals surface area contributed by atoms with Crippen molar-refractivity contribution in [2.24, 2.45) is 0 Å². The molecule has 0 fully saturated rings. The Hall–Kier alpha value is -2.55. The van der Waals surface area contributed by atoms with Crippen LogP contribution in [0.4, 0.5) is 0 Å². The van der Waals surface area contributed by atoms with E-state index in [1.807, 2.05) is 31.2 Å². The summed E-state index contributed by atoms with van der Waals surface area (Å²) in [6, 6.07) is 14.0. The van der Waals surface area contributed by atoms with Crippen molar-refractivity contribution in [3.05, 3.63) is 81.3 Å². The molecule has 0 radical (unpaired) electrons. The molecule has 1 heterocycles. The molecule has 2 N–H and O–H groups in total. The molecule has 156 valence electrons. The smallest absolute Gasteiger partial charge is 0.251 e. The Morgan fingerprint density at radius 1 is 1.20 bits per heavy atom. The molecule has 1 aromatic heterocycles. The lowest BCUT2D eigenvalue weighted by Gasteiger charge is -2.15. The zero-order chi connectivity index (χ0) is 21.1. The van der Waals surface area contributed by atoms with E-state index in [1.54, 1.807) is 41.8 Å². The van der Waals surface area contributed by atoms with Crippen LogP contribution in [0.25, 0.3) is 0 Å². The summed E-state index contributed by atoms with van der Waals surface area (Å²) in [7, 11) is -3.64. The number of hydrogen-bond acceptors (Lipinski definition) is 5. The fraction of sp³-hybridized carbons (Fsp3) is 0.273. The van der Waals surface area contributed by atoms with Crippen LogP contribution in [0.5, 0.6) is 0 Å². The van der Waals surface area contributed by atoms with Gasteiger partial charge >= 0.3 is 0 Å². The average molecular weight is 442 g/mol. The van der Waals surface area contributed by atoms with Gasteiger partial charge in [0.25, 0.3) is 5.91 Å². The molecule has 1 unspecified atom stereocenters. The minimum Gasteiger partial charge on any atom is -0.345 e. The standard InChI is InChI=1S/C22H23N3O3S2/c1-15-14-23-21(29-15)11-12-24-30(27,28)18-9-7-16-8-10-20(19(16)13-18)25-22(26)17-5-3-2-4-6-17/h2-7,9,13-14,20,24H,8,10-12H2,1H3,(H,25,26). The number of fused-ring (bicyclic) bond motifs is 1. The van der Waals surface area contributed by atoms with Gasteiger partial charge in [0, 0.05) is 29.6 Å². The molecule has 4 rings (SSSR count). The average Bonchev–Trinajstić information content (AvgIpc) is 3.34. The summed E-state index contributed by atoms with van der Waals surface area (Å²) < 4.78 is 28.2. The minimum atomic E-state index is -3.64. The van der Waals surface area contributed by atoms with Gasteiger partial charge in [-0.15, -0.1) is 11.3 Å². The summed E-state index contributed by atoms with van der Waals surface area (Å²) in [5.74, 6) is -0.154. The SMILES string of the molecule is Cc1cnc(CCNS(=O)(=O)c2ccc3c(c2)C(NC(=O)c2ccccc2)CC3)s1. The highest BCUT2D eigenvalue weighted by molar-refractivity contribution is 7.89. The highest BCUT2D eigenvalue weighted by atomic mass is 32.2. The van der Waals surface area contributed by atoms with Crippen LogP contribution >= 0.6 is 11.3 Å². The normalized spacial score (nSPS) is 15.7. The summed E-state index contributed by atoms with van der Waals surface area (Å²) in [4.78, 5) is 18.1. The summed E-state index contributed by atoms with van der Waals surface area (Å²) in [5, 5.41) is 3.95. The van der Waals surface area contributed by atoms with Gasteiger partial charge in [0.05, 0.1) is 15.9 Å². The number of rotatable bonds is 7. The molecular weight excluding hydrogens is 418 g/mol. The molecule has 0 saturated carbocycles. The van der Waals surface area contributed by atoms with E-state index < -0.39 is 10.0 Å². The van der Waals surface area contributed by atoms with Gasteiger partial charge in [0.15, 0.2) is 0 Å². The van der Waals surface area contributed by atoms with Crippen LogP contribution in [0.3, 0.4) is 0 Å². The Labute approximate surface area is 180 Å². The van der Waals surface area contributed by atoms with Crippen LogP contribution in [-0.2, 0) is 22.9 Å². The second-order valence-corrected chi connectivity index (χ2v) is 10.4. The quantitative estimate of drug-likeness (QED) is 0.588. The molecule has 0 saturated heterocycles. The van der Waals surface area contributed by atoms with E-state index in [2.05, 4.69) is 15.0 Å². The third kappa shape index (κ3) is 4.61. The molecule has 1 aliphatic rings. The number of nitrogens with zero attached hydrogens (tertiary/aromatic N) is 1. The lowest BCUT2D eigenvalue weighted by Crippen LogP contribution is -2.28. The van der Waals surface area contributed by atoms with E-state index in [0.717, 1.165) is 33.9 Å². The largest absolute Gasteiger partial charge is 0.345 e. The summed E-state index contributed by atoms with van der Waals surface area (Å²) in [6.45, 7) is 2.27. The first-order valence-electron chi connectivity index (χ1n) is 9.82. The number of sulfonamides is 1. The van der Waals surface area contributed by atoms with Crippen molar-refractivity contribution in [2.75, 3.05) is 6.54 Å². The number of amides is 1. The fourth-order valence-electron chi connectivity index (χ4n) is 3.62. The van der Waals surface area contributed by atoms with Crippen molar-refractivity contribution in [3.8, 4) is 0 Å². The Bertz CT molecular complexity index is 1160. The van der Waals surface area contributed by atoms with Crippen molar-refractivity contribution < 1.29 is 13.2 Å². The van der Waals surface area contributed by atoms with Crippen molar-refractivity contribution in [1.29, 1.82) is 0 Å².